The Bertz CT molecular complexity index is 1110. The van der Waals surface area contributed by atoms with E-state index in [-0.39, 0.29) is 22.8 Å². The van der Waals surface area contributed by atoms with Gasteiger partial charge in [0.05, 0.1) is 26.1 Å². The van der Waals surface area contributed by atoms with Gasteiger partial charge >= 0.3 is 11.9 Å². The van der Waals surface area contributed by atoms with Crippen molar-refractivity contribution in [2.24, 2.45) is 0 Å². The fourth-order valence-corrected chi connectivity index (χ4v) is 6.45. The zero-order chi connectivity index (χ0) is 31.5. The third-order valence-corrected chi connectivity index (χ3v) is 9.01. The van der Waals surface area contributed by atoms with E-state index < -0.39 is 0 Å². The first-order chi connectivity index (χ1) is 19.6. The quantitative estimate of drug-likeness (QED) is 0.0890. The van der Waals surface area contributed by atoms with Crippen LogP contribution in [0.5, 0.6) is 0 Å². The number of anilines is 2. The lowest BCUT2D eigenvalue weighted by molar-refractivity contribution is -0.144. The Morgan fingerprint density at radius 1 is 0.643 bits per heavy atom. The Morgan fingerprint density at radius 3 is 1.33 bits per heavy atom. The van der Waals surface area contributed by atoms with Gasteiger partial charge in [0, 0.05) is 32.7 Å². The zero-order valence-corrected chi connectivity index (χ0v) is 28.6. The summed E-state index contributed by atoms with van der Waals surface area (Å²) in [4.78, 5) is 26.5. The largest absolute Gasteiger partial charge is 0.466 e. The molecule has 4 N–H and O–H groups in total. The first kappa shape index (κ1) is 35.9. The van der Waals surface area contributed by atoms with E-state index in [1.165, 1.54) is 0 Å². The molecule has 0 spiro atoms. The van der Waals surface area contributed by atoms with Crippen molar-refractivity contribution in [1.82, 2.24) is 0 Å². The summed E-state index contributed by atoms with van der Waals surface area (Å²) >= 11 is 3.32. The Balaban J connectivity index is 1.54. The Hall–Kier alpha value is -2.32. The second kappa shape index (κ2) is 16.5. The van der Waals surface area contributed by atoms with Crippen LogP contribution in [0.4, 0.5) is 11.4 Å². The molecule has 6 nitrogen and oxygen atoms in total. The van der Waals surface area contributed by atoms with E-state index in [2.05, 4.69) is 65.8 Å². The van der Waals surface area contributed by atoms with Gasteiger partial charge in [0.15, 0.2) is 0 Å². The number of hydrogen-bond donors (Lipinski definition) is 2. The molecule has 2 aromatic rings. The minimum absolute atomic E-state index is 0.0276. The van der Waals surface area contributed by atoms with Crippen molar-refractivity contribution in [3.8, 4) is 0 Å². The van der Waals surface area contributed by atoms with Crippen LogP contribution in [0.15, 0.2) is 34.1 Å². The minimum Gasteiger partial charge on any atom is -0.466 e. The number of ether oxygens (including phenoxy) is 2. The van der Waals surface area contributed by atoms with E-state index in [4.69, 9.17) is 20.9 Å². The molecular formula is C34H52N2O4S2. The predicted octanol–water partition coefficient (Wildman–Crippen LogP) is 8.37. The molecule has 0 saturated heterocycles. The summed E-state index contributed by atoms with van der Waals surface area (Å²) in [5, 5.41) is 0. The fourth-order valence-electron chi connectivity index (χ4n) is 4.52. The first-order valence-electron chi connectivity index (χ1n) is 15.0. The number of aryl methyl sites for hydroxylation is 2. The van der Waals surface area contributed by atoms with Gasteiger partial charge in [-0.25, -0.2) is 0 Å². The summed E-state index contributed by atoms with van der Waals surface area (Å²) in [7, 11) is 0. The number of nitrogens with two attached hydrogens (primary N) is 2. The van der Waals surface area contributed by atoms with Gasteiger partial charge in [-0.05, 0) is 96.9 Å². The molecule has 0 heterocycles. The lowest BCUT2D eigenvalue weighted by atomic mass is 9.85. The van der Waals surface area contributed by atoms with E-state index in [1.54, 1.807) is 23.5 Å². The van der Waals surface area contributed by atoms with Crippen LogP contribution in [0.2, 0.25) is 0 Å². The van der Waals surface area contributed by atoms with Gasteiger partial charge in [0.1, 0.15) is 0 Å². The average Bonchev–Trinajstić information content (AvgIpc) is 2.88. The highest BCUT2D eigenvalue weighted by molar-refractivity contribution is 7.99. The van der Waals surface area contributed by atoms with Crippen molar-refractivity contribution in [3.63, 3.8) is 0 Å². The van der Waals surface area contributed by atoms with E-state index >= 15 is 0 Å². The van der Waals surface area contributed by atoms with Crippen molar-refractivity contribution in [2.75, 3.05) is 36.2 Å². The number of carbonyl (C=O) groups excluding carboxylic acids is 2. The van der Waals surface area contributed by atoms with Gasteiger partial charge in [0.2, 0.25) is 0 Å². The molecule has 0 aliphatic carbocycles. The van der Waals surface area contributed by atoms with E-state index in [9.17, 15) is 9.59 Å². The van der Waals surface area contributed by atoms with Crippen LogP contribution < -0.4 is 11.5 Å². The van der Waals surface area contributed by atoms with Gasteiger partial charge in [-0.2, -0.15) is 0 Å². The molecule has 0 aliphatic heterocycles. The third-order valence-electron chi connectivity index (χ3n) is 7.05. The van der Waals surface area contributed by atoms with Gasteiger partial charge in [-0.15, -0.1) is 23.5 Å². The maximum Gasteiger partial charge on any atom is 0.306 e. The molecule has 42 heavy (non-hydrogen) atoms. The third kappa shape index (κ3) is 12.1. The van der Waals surface area contributed by atoms with Crippen LogP contribution in [0.25, 0.3) is 0 Å². The fraction of sp³-hybridized carbons (Fsp3) is 0.588. The molecule has 8 heteroatoms. The molecule has 2 aromatic carbocycles. The van der Waals surface area contributed by atoms with Crippen molar-refractivity contribution >= 4 is 46.8 Å². The van der Waals surface area contributed by atoms with Crippen molar-refractivity contribution < 1.29 is 19.1 Å². The van der Waals surface area contributed by atoms with Gasteiger partial charge in [-0.3, -0.25) is 9.59 Å². The highest BCUT2D eigenvalue weighted by Gasteiger charge is 2.20. The van der Waals surface area contributed by atoms with Crippen LogP contribution in [-0.4, -0.2) is 36.7 Å². The normalized spacial score (nSPS) is 11.9. The van der Waals surface area contributed by atoms with Crippen LogP contribution in [0, 0.1) is 13.8 Å². The Labute approximate surface area is 262 Å². The molecule has 0 amide bonds. The summed E-state index contributed by atoms with van der Waals surface area (Å²) in [6.45, 7) is 17.8. The highest BCUT2D eigenvalue weighted by atomic mass is 32.2. The molecule has 0 saturated carbocycles. The van der Waals surface area contributed by atoms with Crippen molar-refractivity contribution in [2.45, 2.75) is 115 Å². The number of unbranched alkanes of at least 4 members (excludes halogenated alkanes) is 3. The van der Waals surface area contributed by atoms with Gasteiger partial charge < -0.3 is 20.9 Å². The number of hydrogen-bond acceptors (Lipinski definition) is 8. The summed E-state index contributed by atoms with van der Waals surface area (Å²) in [5.41, 5.74) is 18.6. The van der Waals surface area contributed by atoms with Crippen LogP contribution in [0.1, 0.15) is 102 Å². The lowest BCUT2D eigenvalue weighted by Gasteiger charge is -2.23. The molecule has 234 valence electrons. The van der Waals surface area contributed by atoms with Crippen LogP contribution in [-0.2, 0) is 29.9 Å². The topological polar surface area (TPSA) is 105 Å². The summed E-state index contributed by atoms with van der Waals surface area (Å²) < 4.78 is 10.8. The molecule has 0 aliphatic rings. The Morgan fingerprint density at radius 2 is 1.00 bits per heavy atom. The van der Waals surface area contributed by atoms with E-state index in [0.717, 1.165) is 69.1 Å². The molecule has 0 fully saturated rings. The number of carbonyl (C=O) groups is 2. The standard InChI is InChI=1S/C34H52N2O4S2/c1-23-19-25(21-27(31(23)35)33(3,4)5)41-17-13-29(37)39-15-11-9-10-12-16-40-30(38)14-18-42-26-20-24(2)32(36)28(22-26)34(6,7)8/h19-22H,9-18,35-36H2,1-8H3. The minimum atomic E-state index is -0.165. The molecule has 0 bridgehead atoms. The number of esters is 2. The molecular weight excluding hydrogens is 565 g/mol. The second-order valence-electron chi connectivity index (χ2n) is 13.0. The van der Waals surface area contributed by atoms with E-state index in [1.807, 2.05) is 13.8 Å². The van der Waals surface area contributed by atoms with Crippen LogP contribution >= 0.6 is 23.5 Å². The van der Waals surface area contributed by atoms with Gasteiger partial charge in [-0.1, -0.05) is 41.5 Å². The monoisotopic (exact) mass is 616 g/mol. The average molecular weight is 617 g/mol. The molecule has 0 radical (unpaired) electrons. The number of thioether (sulfide) groups is 2. The maximum absolute atomic E-state index is 12.1. The molecule has 0 atom stereocenters. The van der Waals surface area contributed by atoms with Crippen molar-refractivity contribution in [1.29, 1.82) is 0 Å². The first-order valence-corrected chi connectivity index (χ1v) is 16.9. The summed E-state index contributed by atoms with van der Waals surface area (Å²) in [6, 6.07) is 8.45. The van der Waals surface area contributed by atoms with Crippen LogP contribution in [0.3, 0.4) is 0 Å². The number of nitrogen functional groups attached to an aromatic ring is 2. The lowest BCUT2D eigenvalue weighted by Crippen LogP contribution is -2.15. The second-order valence-corrected chi connectivity index (χ2v) is 15.3. The van der Waals surface area contributed by atoms with Crippen molar-refractivity contribution in [3.05, 3.63) is 46.5 Å². The zero-order valence-electron chi connectivity index (χ0n) is 27.0. The smallest absolute Gasteiger partial charge is 0.306 e. The maximum atomic E-state index is 12.1. The number of benzene rings is 2. The Kier molecular flexibility index (Phi) is 14.1. The SMILES string of the molecule is Cc1cc(SCCC(=O)OCCCCCCOC(=O)CCSc2cc(C)c(N)c(C(C)(C)C)c2)cc(C(C)(C)C)c1N. The summed E-state index contributed by atoms with van der Waals surface area (Å²) in [6.07, 6.45) is 4.25. The van der Waals surface area contributed by atoms with E-state index in [0.29, 0.717) is 37.6 Å². The summed E-state index contributed by atoms with van der Waals surface area (Å²) in [5.74, 6) is 1.02. The molecule has 0 unspecified atom stereocenters. The highest BCUT2D eigenvalue weighted by Crippen LogP contribution is 2.35. The predicted molar refractivity (Wildman–Crippen MR) is 180 cm³/mol. The van der Waals surface area contributed by atoms with Gasteiger partial charge in [0.25, 0.3) is 0 Å². The molecule has 0 aromatic heterocycles. The molecule has 2 rings (SSSR count). The number of rotatable bonds is 15.